The van der Waals surface area contributed by atoms with E-state index in [-0.39, 0.29) is 82.8 Å². The standard InChI is InChI=1S/C46H30O/c1-4-17-31(18-5-1)34-23-10-15-28-40(34)46-44(41-30-16-29-35(45(41)47-46)32-19-6-2-7-20-32)43-38-26-13-11-24-36(38)42(33-21-8-3-9-22-33)37-25-12-14-27-39(37)43/h1-30H/i1D,2D,4D,5D,6D,7D,11D,12D,13D,14D,17D,18D,19D,20D,24D,25D,26D,27D. The van der Waals surface area contributed by atoms with E-state index in [1.165, 1.54) is 24.3 Å². The number of rotatable bonds is 5. The number of hydrogen-bond donors (Lipinski definition) is 0. The molecule has 1 heteroatoms. The Hall–Kier alpha value is -6.18. The molecule has 0 radical (unpaired) electrons. The van der Waals surface area contributed by atoms with Gasteiger partial charge in [-0.25, -0.2) is 0 Å². The predicted octanol–water partition coefficient (Wildman–Crippen LogP) is 13.1. The average Bonchev–Trinajstić information content (AvgIpc) is 3.70. The molecule has 0 amide bonds. The van der Waals surface area contributed by atoms with E-state index >= 15 is 0 Å². The van der Waals surface area contributed by atoms with Gasteiger partial charge in [-0.3, -0.25) is 0 Å². The van der Waals surface area contributed by atoms with Crippen molar-refractivity contribution in [3.05, 3.63) is 182 Å². The zero-order chi connectivity index (χ0) is 46.8. The van der Waals surface area contributed by atoms with Gasteiger partial charge in [-0.15, -0.1) is 0 Å². The normalized spacial score (nSPS) is 16.8. The van der Waals surface area contributed by atoms with Crippen LogP contribution in [0.3, 0.4) is 0 Å². The number of para-hydroxylation sites is 1. The molecule has 1 heterocycles. The molecule has 0 N–H and O–H groups in total. The fourth-order valence-electron chi connectivity index (χ4n) is 6.19. The predicted molar refractivity (Wildman–Crippen MR) is 198 cm³/mol. The van der Waals surface area contributed by atoms with Crippen LogP contribution in [0.5, 0.6) is 0 Å². The molecule has 0 saturated heterocycles. The third kappa shape index (κ3) is 4.47. The molecule has 220 valence electrons. The van der Waals surface area contributed by atoms with E-state index < -0.39 is 109 Å². The summed E-state index contributed by atoms with van der Waals surface area (Å²) >= 11 is 0. The average molecular weight is 617 g/mol. The first-order valence-electron chi connectivity index (χ1n) is 23.6. The summed E-state index contributed by atoms with van der Waals surface area (Å²) in [5, 5.41) is -0.448. The molecule has 9 rings (SSSR count). The third-order valence-corrected chi connectivity index (χ3v) is 8.11. The van der Waals surface area contributed by atoms with Gasteiger partial charge in [0.15, 0.2) is 0 Å². The van der Waals surface area contributed by atoms with E-state index in [0.717, 1.165) is 0 Å². The Kier molecular flexibility index (Phi) is 3.49. The molecule has 1 aromatic heterocycles. The molecule has 0 atom stereocenters. The molecule has 1 nitrogen and oxygen atoms in total. The molecule has 0 spiro atoms. The van der Waals surface area contributed by atoms with Crippen LogP contribution in [0.4, 0.5) is 0 Å². The van der Waals surface area contributed by atoms with Crippen LogP contribution in [-0.4, -0.2) is 0 Å². The molecular weight excluding hydrogens is 569 g/mol. The Morgan fingerprint density at radius 1 is 0.340 bits per heavy atom. The Bertz CT molecular complexity index is 3440. The number of furan rings is 1. The maximum Gasteiger partial charge on any atom is 0.143 e. The summed E-state index contributed by atoms with van der Waals surface area (Å²) in [6.45, 7) is 0. The third-order valence-electron chi connectivity index (χ3n) is 8.11. The minimum atomic E-state index is -0.670. The number of fused-ring (bicyclic) bond motifs is 3. The zero-order valence-electron chi connectivity index (χ0n) is 42.3. The smallest absolute Gasteiger partial charge is 0.143 e. The van der Waals surface area contributed by atoms with Crippen LogP contribution in [0, 0.1) is 0 Å². The van der Waals surface area contributed by atoms with Gasteiger partial charge >= 0.3 is 0 Å². The van der Waals surface area contributed by atoms with Crippen LogP contribution in [0.25, 0.3) is 88.3 Å². The largest absolute Gasteiger partial charge is 0.455 e. The van der Waals surface area contributed by atoms with Gasteiger partial charge in [0.2, 0.25) is 0 Å². The van der Waals surface area contributed by atoms with E-state index in [2.05, 4.69) is 0 Å². The first-order valence-corrected chi connectivity index (χ1v) is 14.6. The summed E-state index contributed by atoms with van der Waals surface area (Å²) in [5.41, 5.74) is -0.203. The molecule has 0 fully saturated rings. The van der Waals surface area contributed by atoms with Gasteiger partial charge in [0.25, 0.3) is 0 Å². The lowest BCUT2D eigenvalue weighted by molar-refractivity contribution is 0.634. The summed E-state index contributed by atoms with van der Waals surface area (Å²) in [4.78, 5) is 0. The number of hydrogen-bond acceptors (Lipinski definition) is 1. The lowest BCUT2D eigenvalue weighted by atomic mass is 9.84. The van der Waals surface area contributed by atoms with Crippen LogP contribution >= 0.6 is 0 Å². The van der Waals surface area contributed by atoms with Crippen LogP contribution in [0.1, 0.15) is 24.7 Å². The van der Waals surface area contributed by atoms with E-state index in [1.807, 2.05) is 0 Å². The van der Waals surface area contributed by atoms with Gasteiger partial charge in [-0.2, -0.15) is 0 Å². The molecule has 47 heavy (non-hydrogen) atoms. The molecular formula is C46H30O. The monoisotopic (exact) mass is 616 g/mol. The summed E-state index contributed by atoms with van der Waals surface area (Å²) in [6, 6.07) is 8.12. The van der Waals surface area contributed by atoms with Crippen molar-refractivity contribution in [2.24, 2.45) is 0 Å². The summed E-state index contributed by atoms with van der Waals surface area (Å²) in [5.74, 6) is -0.169. The molecule has 0 aliphatic heterocycles. The zero-order valence-corrected chi connectivity index (χ0v) is 24.3. The first kappa shape index (κ1) is 14.5. The Morgan fingerprint density at radius 2 is 0.830 bits per heavy atom. The second-order valence-electron chi connectivity index (χ2n) is 10.7. The van der Waals surface area contributed by atoms with Crippen molar-refractivity contribution in [3.8, 4) is 55.8 Å². The first-order chi connectivity index (χ1) is 30.8. The van der Waals surface area contributed by atoms with Crippen molar-refractivity contribution in [3.63, 3.8) is 0 Å². The minimum Gasteiger partial charge on any atom is -0.455 e. The van der Waals surface area contributed by atoms with Crippen molar-refractivity contribution in [1.29, 1.82) is 0 Å². The SMILES string of the molecule is [2H]c1c([2H])c([2H])c(-c2ccccc2-c2oc3c(-c4c([2H])c([2H])c([2H])c([2H])c4[2H])cccc3c2-c2c3c([2H])c([2H])c([2H])c([2H])c3c(-c3ccccc3)c3c([2H])c([2H])c([2H])c([2H])c23)c([2H])c1[2H]. The molecule has 0 unspecified atom stereocenters. The summed E-state index contributed by atoms with van der Waals surface area (Å²) in [7, 11) is 0. The minimum absolute atomic E-state index is 0.00869. The van der Waals surface area contributed by atoms with Crippen molar-refractivity contribution < 1.29 is 29.1 Å². The highest BCUT2D eigenvalue weighted by Gasteiger charge is 2.26. The number of benzene rings is 8. The van der Waals surface area contributed by atoms with E-state index in [9.17, 15) is 5.48 Å². The maximum atomic E-state index is 9.58. The lowest BCUT2D eigenvalue weighted by Gasteiger charge is -2.18. The second-order valence-corrected chi connectivity index (χ2v) is 10.7. The Balaban J connectivity index is 1.61. The van der Waals surface area contributed by atoms with Gasteiger partial charge in [0.1, 0.15) is 11.3 Å². The van der Waals surface area contributed by atoms with Gasteiger partial charge in [-0.1, -0.05) is 182 Å². The van der Waals surface area contributed by atoms with Gasteiger partial charge in [0.05, 0.1) is 24.7 Å². The van der Waals surface area contributed by atoms with E-state index in [4.69, 9.17) is 23.6 Å². The van der Waals surface area contributed by atoms with Crippen LogP contribution in [-0.2, 0) is 0 Å². The van der Waals surface area contributed by atoms with Gasteiger partial charge in [0, 0.05) is 27.6 Å². The lowest BCUT2D eigenvalue weighted by Crippen LogP contribution is -1.92. The second kappa shape index (κ2) is 11.3. The van der Waals surface area contributed by atoms with E-state index in [1.54, 1.807) is 48.5 Å². The van der Waals surface area contributed by atoms with Crippen LogP contribution < -0.4 is 0 Å². The quantitative estimate of drug-likeness (QED) is 0.175. The molecule has 8 aromatic carbocycles. The van der Waals surface area contributed by atoms with Crippen molar-refractivity contribution in [1.82, 2.24) is 0 Å². The topological polar surface area (TPSA) is 13.1 Å². The molecule has 9 aromatic rings. The molecule has 0 saturated carbocycles. The highest BCUT2D eigenvalue weighted by atomic mass is 16.3. The van der Waals surface area contributed by atoms with Crippen LogP contribution in [0.2, 0.25) is 0 Å². The summed E-state index contributed by atoms with van der Waals surface area (Å²) < 4.78 is 167. The van der Waals surface area contributed by atoms with Crippen molar-refractivity contribution >= 4 is 32.5 Å². The van der Waals surface area contributed by atoms with Gasteiger partial charge in [-0.05, 0) is 49.4 Å². The van der Waals surface area contributed by atoms with Crippen LogP contribution in [0.15, 0.2) is 186 Å². The molecule has 0 aliphatic rings. The molecule has 0 bridgehead atoms. The Labute approximate surface area is 299 Å². The Morgan fingerprint density at radius 3 is 1.45 bits per heavy atom. The van der Waals surface area contributed by atoms with Crippen molar-refractivity contribution in [2.45, 2.75) is 0 Å². The highest BCUT2D eigenvalue weighted by Crippen LogP contribution is 2.51. The van der Waals surface area contributed by atoms with E-state index in [0.29, 0.717) is 5.56 Å². The summed E-state index contributed by atoms with van der Waals surface area (Å²) in [6.07, 6.45) is 0. The fourth-order valence-corrected chi connectivity index (χ4v) is 6.19. The van der Waals surface area contributed by atoms with Gasteiger partial charge < -0.3 is 4.42 Å². The van der Waals surface area contributed by atoms with Crippen molar-refractivity contribution in [2.75, 3.05) is 0 Å². The maximum absolute atomic E-state index is 9.58. The fraction of sp³-hybridized carbons (Fsp3) is 0. The molecule has 0 aliphatic carbocycles. The highest BCUT2D eigenvalue weighted by molar-refractivity contribution is 6.25.